The van der Waals surface area contributed by atoms with Crippen LogP contribution in [0.3, 0.4) is 0 Å². The summed E-state index contributed by atoms with van der Waals surface area (Å²) in [6.45, 7) is 4.43. The first-order valence-electron chi connectivity index (χ1n) is 10.2. The molecule has 1 aliphatic rings. The Morgan fingerprint density at radius 2 is 1.86 bits per heavy atom. The molecular formula is C19H29N5O3S2. The Morgan fingerprint density at radius 1 is 1.17 bits per heavy atom. The Balaban J connectivity index is 1.70. The van der Waals surface area contributed by atoms with Crippen molar-refractivity contribution in [2.75, 3.05) is 18.8 Å². The van der Waals surface area contributed by atoms with Gasteiger partial charge in [-0.15, -0.1) is 10.2 Å². The summed E-state index contributed by atoms with van der Waals surface area (Å²) in [6.07, 6.45) is 8.42. The van der Waals surface area contributed by atoms with Gasteiger partial charge in [-0.05, 0) is 25.0 Å². The van der Waals surface area contributed by atoms with Crippen LogP contribution < -0.4 is 5.32 Å². The fourth-order valence-electron chi connectivity index (χ4n) is 3.64. The highest BCUT2D eigenvalue weighted by molar-refractivity contribution is 7.99. The SMILES string of the molecule is CCN(CC)S(=O)(=O)c1ccc2nnc(SCC(=O)NC3CCCCCC3)n2c1. The summed E-state index contributed by atoms with van der Waals surface area (Å²) in [6, 6.07) is 3.44. The number of amides is 1. The van der Waals surface area contributed by atoms with Crippen molar-refractivity contribution in [1.82, 2.24) is 24.2 Å². The van der Waals surface area contributed by atoms with E-state index in [1.807, 2.05) is 13.8 Å². The van der Waals surface area contributed by atoms with Gasteiger partial charge in [0.05, 0.1) is 10.6 Å². The van der Waals surface area contributed by atoms with Gasteiger partial charge in [0, 0.05) is 25.3 Å². The second-order valence-electron chi connectivity index (χ2n) is 7.21. The molecule has 0 bridgehead atoms. The number of hydrogen-bond acceptors (Lipinski definition) is 6. The largest absolute Gasteiger partial charge is 0.353 e. The molecule has 0 radical (unpaired) electrons. The van der Waals surface area contributed by atoms with Crippen molar-refractivity contribution in [3.05, 3.63) is 18.3 Å². The summed E-state index contributed by atoms with van der Waals surface area (Å²) < 4.78 is 28.6. The normalized spacial score (nSPS) is 16.2. The van der Waals surface area contributed by atoms with Crippen LogP contribution in [0.4, 0.5) is 0 Å². The Kier molecular flexibility index (Phi) is 7.53. The summed E-state index contributed by atoms with van der Waals surface area (Å²) in [5.74, 6) is 0.204. The lowest BCUT2D eigenvalue weighted by molar-refractivity contribution is -0.119. The summed E-state index contributed by atoms with van der Waals surface area (Å²) in [5.41, 5.74) is 0.551. The number of fused-ring (bicyclic) bond motifs is 1. The van der Waals surface area contributed by atoms with E-state index in [0.717, 1.165) is 25.7 Å². The minimum atomic E-state index is -3.57. The number of hydrogen-bond donors (Lipinski definition) is 1. The third-order valence-corrected chi connectivity index (χ3v) is 8.22. The Labute approximate surface area is 176 Å². The topological polar surface area (TPSA) is 96.7 Å². The molecule has 1 fully saturated rings. The van der Waals surface area contributed by atoms with Crippen LogP contribution in [-0.4, -0.2) is 58.1 Å². The monoisotopic (exact) mass is 439 g/mol. The van der Waals surface area contributed by atoms with Crippen LogP contribution in [0.15, 0.2) is 28.4 Å². The van der Waals surface area contributed by atoms with E-state index in [0.29, 0.717) is 23.9 Å². The van der Waals surface area contributed by atoms with Crippen LogP contribution in [0.2, 0.25) is 0 Å². The standard InChI is InChI=1S/C19H29N5O3S2/c1-3-23(4-2)29(26,27)16-11-12-17-21-22-19(24(17)13-16)28-14-18(25)20-15-9-7-5-6-8-10-15/h11-13,15H,3-10,14H2,1-2H3,(H,20,25). The number of carbonyl (C=O) groups excluding carboxylic acids is 1. The van der Waals surface area contributed by atoms with Gasteiger partial charge in [-0.2, -0.15) is 4.31 Å². The molecule has 2 aromatic rings. The van der Waals surface area contributed by atoms with E-state index in [2.05, 4.69) is 15.5 Å². The van der Waals surface area contributed by atoms with Gasteiger partial charge >= 0.3 is 0 Å². The average molecular weight is 440 g/mol. The second kappa shape index (κ2) is 9.90. The molecule has 0 spiro atoms. The van der Waals surface area contributed by atoms with E-state index < -0.39 is 10.0 Å². The molecule has 0 atom stereocenters. The van der Waals surface area contributed by atoms with E-state index in [1.54, 1.807) is 16.5 Å². The molecule has 1 N–H and O–H groups in total. The number of pyridine rings is 1. The van der Waals surface area contributed by atoms with Gasteiger partial charge in [-0.25, -0.2) is 8.42 Å². The molecule has 2 heterocycles. The van der Waals surface area contributed by atoms with E-state index in [-0.39, 0.29) is 22.6 Å². The quantitative estimate of drug-likeness (QED) is 0.502. The molecule has 0 aromatic carbocycles. The van der Waals surface area contributed by atoms with Crippen molar-refractivity contribution >= 4 is 33.3 Å². The van der Waals surface area contributed by atoms with Crippen molar-refractivity contribution in [2.45, 2.75) is 68.5 Å². The number of carbonyl (C=O) groups is 1. The van der Waals surface area contributed by atoms with E-state index in [1.165, 1.54) is 35.1 Å². The van der Waals surface area contributed by atoms with Crippen LogP contribution in [0.1, 0.15) is 52.4 Å². The summed E-state index contributed by atoms with van der Waals surface area (Å²) in [7, 11) is -3.57. The van der Waals surface area contributed by atoms with Crippen molar-refractivity contribution in [3.8, 4) is 0 Å². The predicted octanol–water partition coefficient (Wildman–Crippen LogP) is 2.69. The molecule has 0 aliphatic heterocycles. The van der Waals surface area contributed by atoms with Crippen molar-refractivity contribution in [3.63, 3.8) is 0 Å². The van der Waals surface area contributed by atoms with Crippen LogP contribution >= 0.6 is 11.8 Å². The number of aromatic nitrogens is 3. The molecule has 29 heavy (non-hydrogen) atoms. The molecule has 1 saturated carbocycles. The highest BCUT2D eigenvalue weighted by Crippen LogP contribution is 2.22. The minimum absolute atomic E-state index is 0.0226. The van der Waals surface area contributed by atoms with Crippen molar-refractivity contribution < 1.29 is 13.2 Å². The molecule has 160 valence electrons. The molecule has 10 heteroatoms. The Bertz CT molecular complexity index is 932. The highest BCUT2D eigenvalue weighted by atomic mass is 32.2. The Morgan fingerprint density at radius 3 is 2.52 bits per heavy atom. The third kappa shape index (κ3) is 5.29. The molecule has 3 rings (SSSR count). The maximum absolute atomic E-state index is 12.8. The molecule has 8 nitrogen and oxygen atoms in total. The first kappa shape index (κ1) is 22.0. The average Bonchev–Trinajstić information content (AvgIpc) is 2.93. The van der Waals surface area contributed by atoms with Gasteiger partial charge in [0.1, 0.15) is 0 Å². The van der Waals surface area contributed by atoms with E-state index in [9.17, 15) is 13.2 Å². The lowest BCUT2D eigenvalue weighted by Crippen LogP contribution is -2.35. The van der Waals surface area contributed by atoms with Crippen molar-refractivity contribution in [1.29, 1.82) is 0 Å². The second-order valence-corrected chi connectivity index (χ2v) is 10.1. The van der Waals surface area contributed by atoms with Gasteiger partial charge in [0.15, 0.2) is 10.8 Å². The van der Waals surface area contributed by atoms with Gasteiger partial charge in [0.25, 0.3) is 0 Å². The summed E-state index contributed by atoms with van der Waals surface area (Å²) in [5, 5.41) is 11.8. The fraction of sp³-hybridized carbons (Fsp3) is 0.632. The fourth-order valence-corrected chi connectivity index (χ4v) is 5.82. The van der Waals surface area contributed by atoms with Gasteiger partial charge in [-0.1, -0.05) is 51.3 Å². The van der Waals surface area contributed by atoms with Gasteiger partial charge in [-0.3, -0.25) is 9.20 Å². The summed E-state index contributed by atoms with van der Waals surface area (Å²) in [4.78, 5) is 12.5. The zero-order valence-electron chi connectivity index (χ0n) is 17.0. The van der Waals surface area contributed by atoms with Crippen molar-refractivity contribution in [2.24, 2.45) is 0 Å². The molecule has 1 amide bonds. The van der Waals surface area contributed by atoms with E-state index >= 15 is 0 Å². The number of rotatable bonds is 8. The molecule has 2 aromatic heterocycles. The van der Waals surface area contributed by atoms with Crippen LogP contribution in [0.5, 0.6) is 0 Å². The predicted molar refractivity (Wildman–Crippen MR) is 113 cm³/mol. The van der Waals surface area contributed by atoms with Crippen LogP contribution in [0.25, 0.3) is 5.65 Å². The number of sulfonamides is 1. The van der Waals surface area contributed by atoms with Gasteiger partial charge in [0.2, 0.25) is 15.9 Å². The van der Waals surface area contributed by atoms with Crippen LogP contribution in [0, 0.1) is 0 Å². The zero-order valence-corrected chi connectivity index (χ0v) is 18.6. The highest BCUT2D eigenvalue weighted by Gasteiger charge is 2.23. The lowest BCUT2D eigenvalue weighted by Gasteiger charge is -2.18. The molecular weight excluding hydrogens is 410 g/mol. The first-order chi connectivity index (χ1) is 14.0. The molecule has 1 aliphatic carbocycles. The molecule has 0 unspecified atom stereocenters. The number of thioether (sulfide) groups is 1. The maximum Gasteiger partial charge on any atom is 0.244 e. The lowest BCUT2D eigenvalue weighted by atomic mass is 10.1. The third-order valence-electron chi connectivity index (χ3n) is 5.24. The first-order valence-corrected chi connectivity index (χ1v) is 12.6. The minimum Gasteiger partial charge on any atom is -0.353 e. The van der Waals surface area contributed by atoms with Gasteiger partial charge < -0.3 is 5.32 Å². The Hall–Kier alpha value is -1.65. The smallest absolute Gasteiger partial charge is 0.244 e. The maximum atomic E-state index is 12.8. The number of nitrogens with one attached hydrogen (secondary N) is 1. The van der Waals surface area contributed by atoms with Crippen LogP contribution in [-0.2, 0) is 14.8 Å². The molecule has 0 saturated heterocycles. The summed E-state index contributed by atoms with van der Waals surface area (Å²) >= 11 is 1.27. The van der Waals surface area contributed by atoms with E-state index in [4.69, 9.17) is 0 Å². The zero-order chi connectivity index (χ0) is 20.9. The number of nitrogens with zero attached hydrogens (tertiary/aromatic N) is 4.